The normalized spacial score (nSPS) is 10.7. The summed E-state index contributed by atoms with van der Waals surface area (Å²) in [4.78, 5) is 11.4. The van der Waals surface area contributed by atoms with Gasteiger partial charge in [0.1, 0.15) is 0 Å². The van der Waals surface area contributed by atoms with E-state index in [1.165, 1.54) is 0 Å². The number of nitrogens with one attached hydrogen (secondary N) is 1. The van der Waals surface area contributed by atoms with E-state index in [1.807, 2.05) is 42.5 Å². The summed E-state index contributed by atoms with van der Waals surface area (Å²) in [6, 6.07) is 17.0. The van der Waals surface area contributed by atoms with Crippen LogP contribution in [0.1, 0.15) is 27.2 Å². The van der Waals surface area contributed by atoms with Crippen molar-refractivity contribution < 1.29 is 9.90 Å². The summed E-state index contributed by atoms with van der Waals surface area (Å²) in [5, 5.41) is 16.7. The standard InChI is InChI=1S/C19H17ClN2O2/c20-12-17-16(18(22-21-17)14-7-2-1-3-8-14)11-10-13-6-4-5-9-15(13)19(23)24/h1-9H,10-12H2,(H,21,22)(H,23,24). The molecule has 4 nitrogen and oxygen atoms in total. The highest BCUT2D eigenvalue weighted by atomic mass is 35.5. The van der Waals surface area contributed by atoms with Crippen LogP contribution in [0, 0.1) is 0 Å². The van der Waals surface area contributed by atoms with Crippen LogP contribution in [-0.2, 0) is 18.7 Å². The smallest absolute Gasteiger partial charge is 0.335 e. The van der Waals surface area contributed by atoms with E-state index < -0.39 is 5.97 Å². The second-order valence-corrected chi connectivity index (χ2v) is 5.76. The number of halogens is 1. The molecule has 1 heterocycles. The number of hydrogen-bond acceptors (Lipinski definition) is 2. The first-order valence-electron chi connectivity index (χ1n) is 7.69. The highest BCUT2D eigenvalue weighted by molar-refractivity contribution is 6.17. The summed E-state index contributed by atoms with van der Waals surface area (Å²) in [5.41, 5.74) is 4.96. The molecule has 3 rings (SSSR count). The Morgan fingerprint density at radius 2 is 1.75 bits per heavy atom. The summed E-state index contributed by atoms with van der Waals surface area (Å²) >= 11 is 6.03. The van der Waals surface area contributed by atoms with Gasteiger partial charge in [0.25, 0.3) is 0 Å². The Balaban J connectivity index is 1.91. The second-order valence-electron chi connectivity index (χ2n) is 5.49. The average Bonchev–Trinajstić information content (AvgIpc) is 3.03. The zero-order valence-corrected chi connectivity index (χ0v) is 13.8. The first-order chi connectivity index (χ1) is 11.7. The molecule has 2 aromatic carbocycles. The van der Waals surface area contributed by atoms with Crippen LogP contribution in [0.4, 0.5) is 0 Å². The molecule has 0 aliphatic carbocycles. The van der Waals surface area contributed by atoms with Gasteiger partial charge >= 0.3 is 5.97 Å². The zero-order chi connectivity index (χ0) is 16.9. The maximum Gasteiger partial charge on any atom is 0.335 e. The van der Waals surface area contributed by atoms with E-state index in [0.29, 0.717) is 24.3 Å². The Morgan fingerprint density at radius 1 is 1.04 bits per heavy atom. The topological polar surface area (TPSA) is 66.0 Å². The number of H-pyrrole nitrogens is 1. The van der Waals surface area contributed by atoms with E-state index in [4.69, 9.17) is 11.6 Å². The number of aromatic amines is 1. The molecule has 0 amide bonds. The predicted octanol–water partition coefficient (Wildman–Crippen LogP) is 4.30. The lowest BCUT2D eigenvalue weighted by Gasteiger charge is -2.08. The molecule has 0 bridgehead atoms. The van der Waals surface area contributed by atoms with Gasteiger partial charge in [0.15, 0.2) is 0 Å². The maximum absolute atomic E-state index is 11.4. The third-order valence-electron chi connectivity index (χ3n) is 4.03. The number of aromatic carboxylic acids is 1. The SMILES string of the molecule is O=C(O)c1ccccc1CCc1c(-c2ccccc2)n[nH]c1CCl. The van der Waals surface area contributed by atoms with Crippen molar-refractivity contribution in [3.8, 4) is 11.3 Å². The van der Waals surface area contributed by atoms with Crippen molar-refractivity contribution in [2.24, 2.45) is 0 Å². The van der Waals surface area contributed by atoms with E-state index in [1.54, 1.807) is 12.1 Å². The van der Waals surface area contributed by atoms with E-state index in [2.05, 4.69) is 10.2 Å². The van der Waals surface area contributed by atoms with Crippen LogP contribution in [0.3, 0.4) is 0 Å². The second kappa shape index (κ2) is 7.32. The summed E-state index contributed by atoms with van der Waals surface area (Å²) in [7, 11) is 0. The Bertz CT molecular complexity index is 844. The molecule has 0 aliphatic rings. The van der Waals surface area contributed by atoms with Gasteiger partial charge in [-0.2, -0.15) is 5.10 Å². The van der Waals surface area contributed by atoms with Gasteiger partial charge in [0.05, 0.1) is 22.8 Å². The Labute approximate surface area is 145 Å². The van der Waals surface area contributed by atoms with Crippen molar-refractivity contribution in [2.75, 3.05) is 0 Å². The van der Waals surface area contributed by atoms with Crippen molar-refractivity contribution in [1.29, 1.82) is 0 Å². The Kier molecular flexibility index (Phi) is 4.96. The predicted molar refractivity (Wildman–Crippen MR) is 94.4 cm³/mol. The van der Waals surface area contributed by atoms with E-state index >= 15 is 0 Å². The van der Waals surface area contributed by atoms with Gasteiger partial charge < -0.3 is 5.11 Å². The molecule has 0 spiro atoms. The first kappa shape index (κ1) is 16.3. The molecule has 0 saturated heterocycles. The van der Waals surface area contributed by atoms with E-state index in [9.17, 15) is 9.90 Å². The molecule has 1 aromatic heterocycles. The molecular formula is C19H17ClN2O2. The molecular weight excluding hydrogens is 324 g/mol. The fourth-order valence-electron chi connectivity index (χ4n) is 2.82. The average molecular weight is 341 g/mol. The lowest BCUT2D eigenvalue weighted by Crippen LogP contribution is -2.04. The molecule has 2 N–H and O–H groups in total. The Hall–Kier alpha value is -2.59. The van der Waals surface area contributed by atoms with Gasteiger partial charge in [-0.1, -0.05) is 48.5 Å². The summed E-state index contributed by atoms with van der Waals surface area (Å²) in [6.07, 6.45) is 1.29. The van der Waals surface area contributed by atoms with Gasteiger partial charge in [0, 0.05) is 11.1 Å². The number of aryl methyl sites for hydroxylation is 1. The maximum atomic E-state index is 11.4. The fraction of sp³-hybridized carbons (Fsp3) is 0.158. The molecule has 122 valence electrons. The van der Waals surface area contributed by atoms with Crippen molar-refractivity contribution in [1.82, 2.24) is 10.2 Å². The first-order valence-corrected chi connectivity index (χ1v) is 8.23. The third-order valence-corrected chi connectivity index (χ3v) is 4.29. The number of carboxylic acids is 1. The molecule has 0 radical (unpaired) electrons. The summed E-state index contributed by atoms with van der Waals surface area (Å²) < 4.78 is 0. The van der Waals surface area contributed by atoms with Crippen molar-refractivity contribution in [2.45, 2.75) is 18.7 Å². The number of hydrogen-bond donors (Lipinski definition) is 2. The molecule has 0 fully saturated rings. The molecule has 0 unspecified atom stereocenters. The van der Waals surface area contributed by atoms with Crippen LogP contribution < -0.4 is 0 Å². The number of carboxylic acid groups (broad SMARTS) is 1. The van der Waals surface area contributed by atoms with Gasteiger partial charge in [0.2, 0.25) is 0 Å². The van der Waals surface area contributed by atoms with Gasteiger partial charge in [-0.15, -0.1) is 11.6 Å². The van der Waals surface area contributed by atoms with Crippen LogP contribution in [0.25, 0.3) is 11.3 Å². The monoisotopic (exact) mass is 340 g/mol. The highest BCUT2D eigenvalue weighted by Gasteiger charge is 2.16. The number of nitrogens with zero attached hydrogens (tertiary/aromatic N) is 1. The van der Waals surface area contributed by atoms with E-state index in [0.717, 1.165) is 28.1 Å². The molecule has 3 aromatic rings. The number of benzene rings is 2. The fourth-order valence-corrected chi connectivity index (χ4v) is 3.04. The molecule has 0 aliphatic heterocycles. The number of carbonyl (C=O) groups is 1. The molecule has 5 heteroatoms. The lowest BCUT2D eigenvalue weighted by atomic mass is 9.97. The Morgan fingerprint density at radius 3 is 2.46 bits per heavy atom. The van der Waals surface area contributed by atoms with Gasteiger partial charge in [-0.05, 0) is 24.5 Å². The lowest BCUT2D eigenvalue weighted by molar-refractivity contribution is 0.0695. The zero-order valence-electron chi connectivity index (χ0n) is 13.0. The summed E-state index contributed by atoms with van der Waals surface area (Å²) in [6.45, 7) is 0. The third kappa shape index (κ3) is 3.34. The van der Waals surface area contributed by atoms with Crippen LogP contribution >= 0.6 is 11.6 Å². The van der Waals surface area contributed by atoms with Crippen molar-refractivity contribution in [3.63, 3.8) is 0 Å². The summed E-state index contributed by atoms with van der Waals surface area (Å²) in [5.74, 6) is -0.561. The molecule has 0 atom stereocenters. The number of rotatable bonds is 6. The number of alkyl halides is 1. The van der Waals surface area contributed by atoms with Crippen LogP contribution in [0.15, 0.2) is 54.6 Å². The minimum atomic E-state index is -0.904. The highest BCUT2D eigenvalue weighted by Crippen LogP contribution is 2.26. The molecule has 24 heavy (non-hydrogen) atoms. The minimum Gasteiger partial charge on any atom is -0.478 e. The van der Waals surface area contributed by atoms with Crippen LogP contribution in [-0.4, -0.2) is 21.3 Å². The number of aromatic nitrogens is 2. The quantitative estimate of drug-likeness (QED) is 0.657. The van der Waals surface area contributed by atoms with Crippen LogP contribution in [0.5, 0.6) is 0 Å². The molecule has 0 saturated carbocycles. The van der Waals surface area contributed by atoms with Crippen molar-refractivity contribution in [3.05, 3.63) is 77.0 Å². The van der Waals surface area contributed by atoms with Crippen LogP contribution in [0.2, 0.25) is 0 Å². The van der Waals surface area contributed by atoms with E-state index in [-0.39, 0.29) is 0 Å². The van der Waals surface area contributed by atoms with Gasteiger partial charge in [-0.3, -0.25) is 5.10 Å². The van der Waals surface area contributed by atoms with Crippen molar-refractivity contribution >= 4 is 17.6 Å². The minimum absolute atomic E-state index is 0.342. The largest absolute Gasteiger partial charge is 0.478 e. The van der Waals surface area contributed by atoms with Gasteiger partial charge in [-0.25, -0.2) is 4.79 Å².